The summed E-state index contributed by atoms with van der Waals surface area (Å²) in [5, 5.41) is 0. The highest BCUT2D eigenvalue weighted by Crippen LogP contribution is 2.30. The van der Waals surface area contributed by atoms with E-state index in [9.17, 15) is 8.78 Å². The molecule has 0 aliphatic carbocycles. The molecule has 0 aliphatic heterocycles. The van der Waals surface area contributed by atoms with Crippen molar-refractivity contribution in [3.05, 3.63) is 102 Å². The van der Waals surface area contributed by atoms with Gasteiger partial charge in [-0.2, -0.15) is 0 Å². The van der Waals surface area contributed by atoms with Crippen molar-refractivity contribution in [3.8, 4) is 22.5 Å². The number of imidazole rings is 1. The number of hydrogen-bond donors (Lipinski definition) is 1. The SMILES string of the molecule is Fc1ccc(-c2nc(CCc3ccccc3)[nH]c2-c2ccc(F)cc2)cc1. The second kappa shape index (κ2) is 7.54. The molecule has 0 fully saturated rings. The highest BCUT2D eigenvalue weighted by molar-refractivity contribution is 5.78. The van der Waals surface area contributed by atoms with Crippen LogP contribution >= 0.6 is 0 Å². The quantitative estimate of drug-likeness (QED) is 0.478. The van der Waals surface area contributed by atoms with Crippen LogP contribution in [-0.4, -0.2) is 9.97 Å². The zero-order valence-electron chi connectivity index (χ0n) is 14.6. The average molecular weight is 360 g/mol. The molecule has 1 N–H and O–H groups in total. The highest BCUT2D eigenvalue weighted by Gasteiger charge is 2.14. The van der Waals surface area contributed by atoms with Crippen LogP contribution in [0.3, 0.4) is 0 Å². The molecule has 1 aromatic heterocycles. The normalized spacial score (nSPS) is 10.9. The molecule has 0 atom stereocenters. The van der Waals surface area contributed by atoms with Crippen LogP contribution in [0, 0.1) is 11.6 Å². The summed E-state index contributed by atoms with van der Waals surface area (Å²) in [5.41, 5.74) is 4.45. The van der Waals surface area contributed by atoms with Crippen LogP contribution in [0.1, 0.15) is 11.4 Å². The minimum atomic E-state index is -0.290. The summed E-state index contributed by atoms with van der Waals surface area (Å²) in [6.45, 7) is 0. The van der Waals surface area contributed by atoms with Gasteiger partial charge in [-0.3, -0.25) is 0 Å². The Bertz CT molecular complexity index is 957. The first-order valence-corrected chi connectivity index (χ1v) is 8.84. The predicted molar refractivity (Wildman–Crippen MR) is 103 cm³/mol. The van der Waals surface area contributed by atoms with Crippen molar-refractivity contribution in [2.45, 2.75) is 12.8 Å². The molecule has 0 unspecified atom stereocenters. The van der Waals surface area contributed by atoms with Gasteiger partial charge in [0.1, 0.15) is 17.5 Å². The summed E-state index contributed by atoms with van der Waals surface area (Å²) < 4.78 is 26.6. The second-order valence-electron chi connectivity index (χ2n) is 6.41. The Kier molecular flexibility index (Phi) is 4.79. The van der Waals surface area contributed by atoms with E-state index in [1.54, 1.807) is 24.3 Å². The van der Waals surface area contributed by atoms with Gasteiger partial charge in [0.2, 0.25) is 0 Å². The van der Waals surface area contributed by atoms with Crippen LogP contribution < -0.4 is 0 Å². The molecule has 4 heteroatoms. The summed E-state index contributed by atoms with van der Waals surface area (Å²) in [5.74, 6) is 0.269. The van der Waals surface area contributed by atoms with Crippen LogP contribution in [0.4, 0.5) is 8.78 Å². The van der Waals surface area contributed by atoms with Gasteiger partial charge in [-0.05, 0) is 60.5 Å². The van der Waals surface area contributed by atoms with Crippen LogP contribution in [0.25, 0.3) is 22.5 Å². The Labute approximate surface area is 156 Å². The van der Waals surface area contributed by atoms with E-state index in [4.69, 9.17) is 4.98 Å². The Hall–Kier alpha value is -3.27. The molecule has 0 saturated heterocycles. The maximum atomic E-state index is 13.3. The van der Waals surface area contributed by atoms with E-state index in [-0.39, 0.29) is 11.6 Å². The lowest BCUT2D eigenvalue weighted by molar-refractivity contribution is 0.627. The Morgan fingerprint density at radius 2 is 1.26 bits per heavy atom. The van der Waals surface area contributed by atoms with Gasteiger partial charge in [-0.15, -0.1) is 0 Å². The largest absolute Gasteiger partial charge is 0.341 e. The number of aryl methyl sites for hydroxylation is 2. The first kappa shape index (κ1) is 17.2. The molecule has 27 heavy (non-hydrogen) atoms. The summed E-state index contributed by atoms with van der Waals surface area (Å²) in [6.07, 6.45) is 1.61. The van der Waals surface area contributed by atoms with Gasteiger partial charge in [0.15, 0.2) is 0 Å². The third kappa shape index (κ3) is 3.95. The van der Waals surface area contributed by atoms with Crippen molar-refractivity contribution in [1.29, 1.82) is 0 Å². The number of aromatic nitrogens is 2. The summed E-state index contributed by atoms with van der Waals surface area (Å²) in [7, 11) is 0. The van der Waals surface area contributed by atoms with E-state index >= 15 is 0 Å². The minimum absolute atomic E-state index is 0.286. The summed E-state index contributed by atoms with van der Waals surface area (Å²) in [4.78, 5) is 8.13. The highest BCUT2D eigenvalue weighted by atomic mass is 19.1. The molecule has 3 aromatic carbocycles. The fourth-order valence-corrected chi connectivity index (χ4v) is 3.09. The van der Waals surface area contributed by atoms with Crippen molar-refractivity contribution in [3.63, 3.8) is 0 Å². The van der Waals surface area contributed by atoms with Crippen molar-refractivity contribution in [2.75, 3.05) is 0 Å². The Balaban J connectivity index is 1.70. The number of nitrogens with one attached hydrogen (secondary N) is 1. The molecule has 4 rings (SSSR count). The molecule has 1 heterocycles. The molecule has 0 bridgehead atoms. The smallest absolute Gasteiger partial charge is 0.123 e. The summed E-state index contributed by atoms with van der Waals surface area (Å²) in [6, 6.07) is 22.8. The monoisotopic (exact) mass is 360 g/mol. The number of hydrogen-bond acceptors (Lipinski definition) is 1. The molecule has 2 nitrogen and oxygen atoms in total. The average Bonchev–Trinajstić information content (AvgIpc) is 3.13. The number of rotatable bonds is 5. The fraction of sp³-hybridized carbons (Fsp3) is 0.0870. The van der Waals surface area contributed by atoms with Gasteiger partial charge in [-0.1, -0.05) is 30.3 Å². The first-order valence-electron chi connectivity index (χ1n) is 8.84. The third-order valence-electron chi connectivity index (χ3n) is 4.50. The van der Waals surface area contributed by atoms with Gasteiger partial charge in [0.25, 0.3) is 0 Å². The number of nitrogens with zero attached hydrogens (tertiary/aromatic N) is 1. The van der Waals surface area contributed by atoms with Gasteiger partial charge < -0.3 is 4.98 Å². The Morgan fingerprint density at radius 1 is 0.667 bits per heavy atom. The van der Waals surface area contributed by atoms with Crippen molar-refractivity contribution >= 4 is 0 Å². The van der Waals surface area contributed by atoms with Crippen molar-refractivity contribution < 1.29 is 8.78 Å². The standard InChI is InChI=1S/C23H18F2N2/c24-19-11-7-17(8-12-19)22-23(18-9-13-20(25)14-10-18)27-21(26-22)15-6-16-4-2-1-3-5-16/h1-5,7-14H,6,15H2,(H,26,27). The van der Waals surface area contributed by atoms with Gasteiger partial charge in [-0.25, -0.2) is 13.8 Å². The molecule has 0 aliphatic rings. The van der Waals surface area contributed by atoms with Crippen molar-refractivity contribution in [1.82, 2.24) is 9.97 Å². The van der Waals surface area contributed by atoms with E-state index in [0.29, 0.717) is 0 Å². The lowest BCUT2D eigenvalue weighted by Gasteiger charge is -2.03. The lowest BCUT2D eigenvalue weighted by atomic mass is 10.1. The van der Waals surface area contributed by atoms with Crippen LogP contribution in [-0.2, 0) is 12.8 Å². The van der Waals surface area contributed by atoms with Crippen molar-refractivity contribution in [2.24, 2.45) is 0 Å². The molecule has 4 aromatic rings. The molecule has 0 spiro atoms. The van der Waals surface area contributed by atoms with Crippen LogP contribution in [0.5, 0.6) is 0 Å². The van der Waals surface area contributed by atoms with E-state index < -0.39 is 0 Å². The zero-order chi connectivity index (χ0) is 18.6. The van der Waals surface area contributed by atoms with Gasteiger partial charge in [0.05, 0.1) is 11.4 Å². The molecule has 0 radical (unpaired) electrons. The van der Waals surface area contributed by atoms with Crippen LogP contribution in [0.15, 0.2) is 78.9 Å². The zero-order valence-corrected chi connectivity index (χ0v) is 14.6. The molecule has 0 saturated carbocycles. The lowest BCUT2D eigenvalue weighted by Crippen LogP contribution is -1.93. The molecular formula is C23H18F2N2. The maximum absolute atomic E-state index is 13.3. The predicted octanol–water partition coefficient (Wildman–Crippen LogP) is 5.81. The summed E-state index contributed by atoms with van der Waals surface area (Å²) >= 11 is 0. The molecule has 134 valence electrons. The van der Waals surface area contributed by atoms with Crippen LogP contribution in [0.2, 0.25) is 0 Å². The van der Waals surface area contributed by atoms with Gasteiger partial charge in [0, 0.05) is 17.5 Å². The molecule has 0 amide bonds. The number of halogens is 2. The second-order valence-corrected chi connectivity index (χ2v) is 6.41. The number of benzene rings is 3. The van der Waals surface area contributed by atoms with Gasteiger partial charge >= 0.3 is 0 Å². The maximum Gasteiger partial charge on any atom is 0.123 e. The van der Waals surface area contributed by atoms with E-state index in [1.165, 1.54) is 29.8 Å². The van der Waals surface area contributed by atoms with E-state index in [1.807, 2.05) is 18.2 Å². The topological polar surface area (TPSA) is 28.7 Å². The number of H-pyrrole nitrogens is 1. The minimum Gasteiger partial charge on any atom is -0.341 e. The molecular weight excluding hydrogens is 342 g/mol. The number of aromatic amines is 1. The Morgan fingerprint density at radius 3 is 1.89 bits per heavy atom. The van der Waals surface area contributed by atoms with E-state index in [0.717, 1.165) is 41.2 Å². The first-order chi connectivity index (χ1) is 13.2. The fourth-order valence-electron chi connectivity index (χ4n) is 3.09. The van der Waals surface area contributed by atoms with E-state index in [2.05, 4.69) is 17.1 Å². The third-order valence-corrected chi connectivity index (χ3v) is 4.50.